The molecule has 4 aromatic carbocycles. The zero-order chi connectivity index (χ0) is 71.4. The predicted molar refractivity (Wildman–Crippen MR) is 411 cm³/mol. The van der Waals surface area contributed by atoms with E-state index >= 15 is 0 Å². The van der Waals surface area contributed by atoms with Crippen LogP contribution in [0.5, 0.6) is 23.0 Å². The van der Waals surface area contributed by atoms with E-state index in [-0.39, 0.29) is 6.10 Å². The molecule has 25 nitrogen and oxygen atoms in total. The molecule has 5 atom stereocenters. The van der Waals surface area contributed by atoms with E-state index in [1.807, 2.05) is 56.7 Å². The number of fused-ring (bicyclic) bond motifs is 14. The Labute approximate surface area is 598 Å². The van der Waals surface area contributed by atoms with Crippen molar-refractivity contribution in [1.29, 1.82) is 0 Å². The number of hydrogen-bond acceptors (Lipinski definition) is 21. The number of pyridine rings is 1. The highest BCUT2D eigenvalue weighted by Crippen LogP contribution is 2.40. The van der Waals surface area contributed by atoms with Crippen LogP contribution in [-0.2, 0) is 45.6 Å². The van der Waals surface area contributed by atoms with Gasteiger partial charge in [0.05, 0.1) is 63.0 Å². The van der Waals surface area contributed by atoms with Gasteiger partial charge in [0.15, 0.2) is 0 Å². The first-order valence-electron chi connectivity index (χ1n) is 36.3. The van der Waals surface area contributed by atoms with E-state index in [9.17, 15) is 0 Å². The largest absolute Gasteiger partial charge is 0.493 e. The van der Waals surface area contributed by atoms with Crippen molar-refractivity contribution in [2.24, 2.45) is 23.7 Å². The van der Waals surface area contributed by atoms with Gasteiger partial charge in [-0.15, -0.1) is 0 Å². The molecule has 0 saturated heterocycles. The highest BCUT2D eigenvalue weighted by Gasteiger charge is 2.32. The molecule has 5 aromatic heterocycles. The van der Waals surface area contributed by atoms with E-state index in [0.29, 0.717) is 42.8 Å². The third kappa shape index (κ3) is 19.6. The summed E-state index contributed by atoms with van der Waals surface area (Å²) in [5.74, 6) is 9.70. The highest BCUT2D eigenvalue weighted by molar-refractivity contribution is 5.87. The summed E-state index contributed by atoms with van der Waals surface area (Å²) in [5, 5.41) is 10.5. The van der Waals surface area contributed by atoms with Crippen molar-refractivity contribution in [2.45, 2.75) is 64.5 Å². The van der Waals surface area contributed by atoms with Gasteiger partial charge in [0, 0.05) is 158 Å². The van der Waals surface area contributed by atoms with Gasteiger partial charge in [-0.1, -0.05) is 6.07 Å². The van der Waals surface area contributed by atoms with Crippen molar-refractivity contribution >= 4 is 67.9 Å². The van der Waals surface area contributed by atoms with Crippen LogP contribution in [0, 0.1) is 23.7 Å². The number of benzene rings is 4. The number of nitrogens with one attached hydrogen (secondary N) is 3. The topological polar surface area (TPSA) is 209 Å². The Balaban J connectivity index is 0.000000136. The molecule has 0 spiro atoms. The summed E-state index contributed by atoms with van der Waals surface area (Å²) in [6, 6.07) is 26.6. The summed E-state index contributed by atoms with van der Waals surface area (Å²) in [6.07, 6.45) is 6.12. The summed E-state index contributed by atoms with van der Waals surface area (Å²) in [6.45, 7) is 18.0. The van der Waals surface area contributed by atoms with Gasteiger partial charge in [-0.05, 0) is 192 Å². The number of nitrogens with zero attached hydrogens (tertiary/aromatic N) is 17. The van der Waals surface area contributed by atoms with E-state index in [0.717, 1.165) is 217 Å². The number of imidazole rings is 4. The number of rotatable bonds is 25. The lowest BCUT2D eigenvalue weighted by atomic mass is 9.95. The fourth-order valence-corrected chi connectivity index (χ4v) is 14.8. The second kappa shape index (κ2) is 34.3. The summed E-state index contributed by atoms with van der Waals surface area (Å²) in [7, 11) is 31.6. The minimum atomic E-state index is 0.237. The minimum Gasteiger partial charge on any atom is -0.493 e. The zero-order valence-electron chi connectivity index (χ0n) is 63.0. The third-order valence-electron chi connectivity index (χ3n) is 19.0. The smallest absolute Gasteiger partial charge is 0.203 e. The molecule has 0 fully saturated rings. The molecule has 0 bridgehead atoms. The maximum Gasteiger partial charge on any atom is 0.203 e. The second-order valence-electron chi connectivity index (χ2n) is 30.3. The number of hydrogen-bond donors (Lipinski definition) is 4. The molecule has 0 amide bonds. The maximum absolute atomic E-state index is 6.17. The van der Waals surface area contributed by atoms with Gasteiger partial charge < -0.3 is 98.1 Å². The van der Waals surface area contributed by atoms with Crippen molar-refractivity contribution in [3.8, 4) is 23.0 Å². The lowest BCUT2D eigenvalue weighted by molar-refractivity contribution is 0.184. The van der Waals surface area contributed by atoms with Crippen molar-refractivity contribution in [2.75, 3.05) is 219 Å². The van der Waals surface area contributed by atoms with Crippen LogP contribution in [-0.4, -0.2) is 286 Å². The number of aryl methyl sites for hydroxylation is 1. The molecule has 548 valence electrons. The molecule has 5 unspecified atom stereocenters. The Bertz CT molecular complexity index is 4120. The third-order valence-corrected chi connectivity index (χ3v) is 19.0. The quantitative estimate of drug-likeness (QED) is 0.0404. The number of aromatic nitrogens is 9. The second-order valence-corrected chi connectivity index (χ2v) is 30.3. The SMILES string of the molecule is CN(C)CC1CNc2nc3ccc(OCCCN(C)Cc4ccccn4)cc3n2C1.CN(C)CC1CNc2nc3ccc4c(c3n2C1)CC(CN(C)C)O4.CN(C)CC1COc2ccc3nc4n(c3c2C1)CC(CN(C)C)CN4.CN(C)CCCn1c(N)nc2ccc(OCCN(C)C)cc21. The number of ether oxygens (including phenoxy) is 4. The van der Waals surface area contributed by atoms with Crippen molar-refractivity contribution in [3.05, 3.63) is 102 Å². The Hall–Kier alpha value is -8.01. The van der Waals surface area contributed by atoms with Gasteiger partial charge in [-0.3, -0.25) is 4.98 Å². The normalized spacial score (nSPS) is 18.3. The molecule has 101 heavy (non-hydrogen) atoms. The highest BCUT2D eigenvalue weighted by atomic mass is 16.5. The Kier molecular flexibility index (Phi) is 25.2. The lowest BCUT2D eigenvalue weighted by Crippen LogP contribution is -2.35. The molecule has 10 heterocycles. The van der Waals surface area contributed by atoms with Gasteiger partial charge in [0.2, 0.25) is 23.8 Å². The van der Waals surface area contributed by atoms with Crippen molar-refractivity contribution in [3.63, 3.8) is 0 Å². The average Bonchev–Trinajstić information content (AvgIpc) is 1.61. The van der Waals surface area contributed by atoms with E-state index in [2.05, 4.69) is 217 Å². The van der Waals surface area contributed by atoms with Gasteiger partial charge in [-0.25, -0.2) is 19.9 Å². The maximum atomic E-state index is 6.17. The fourth-order valence-electron chi connectivity index (χ4n) is 14.8. The van der Waals surface area contributed by atoms with Crippen molar-refractivity contribution < 1.29 is 18.9 Å². The zero-order valence-corrected chi connectivity index (χ0v) is 63.0. The van der Waals surface area contributed by atoms with E-state index in [1.165, 1.54) is 22.2 Å². The van der Waals surface area contributed by atoms with E-state index in [1.54, 1.807) is 0 Å². The molecular weight excluding hydrogens is 1270 g/mol. The van der Waals surface area contributed by atoms with Crippen LogP contribution in [0.1, 0.15) is 29.7 Å². The lowest BCUT2D eigenvalue weighted by Gasteiger charge is -2.30. The number of likely N-dealkylation sites (N-methyl/N-ethyl adjacent to an activating group) is 2. The summed E-state index contributed by atoms with van der Waals surface area (Å²) < 4.78 is 33.2. The molecule has 5 aliphatic rings. The summed E-state index contributed by atoms with van der Waals surface area (Å²) >= 11 is 0. The number of nitrogen functional groups attached to an aromatic ring is 1. The summed E-state index contributed by atoms with van der Waals surface area (Å²) in [4.78, 5) is 40.9. The van der Waals surface area contributed by atoms with Gasteiger partial charge in [0.25, 0.3) is 0 Å². The van der Waals surface area contributed by atoms with Gasteiger partial charge in [0.1, 0.15) is 35.7 Å². The first-order chi connectivity index (χ1) is 48.6. The number of anilines is 4. The monoisotopic (exact) mass is 1390 g/mol. The fraction of sp³-hybridized carbons (Fsp3) is 0.566. The van der Waals surface area contributed by atoms with Crippen LogP contribution in [0.4, 0.5) is 23.8 Å². The van der Waals surface area contributed by atoms with E-state index in [4.69, 9.17) is 39.6 Å². The van der Waals surface area contributed by atoms with Gasteiger partial charge >= 0.3 is 0 Å². The molecule has 9 aromatic rings. The predicted octanol–water partition coefficient (Wildman–Crippen LogP) is 7.70. The standard InChI is InChI=1S/C23H32N6O.C19H29N5O.C18H27N5O.C16H27N5O/c1-27(2)15-18-14-25-23-26-21-9-8-20(13-22(21)29(23)16-18)30-12-6-11-28(3)17-19-7-4-5-10-24-19;1-22(2)9-13-7-15-17(25-12-13)6-5-16-18(15)24-11-14(10-23(3)4)8-20-19(24)21-16;1-21(2)9-12-8-19-18-20-15-5-6-16-14(17(15)23(18)10-12)7-13(24-16)11-22(3)4;1-19(2)8-5-9-21-15-12-13(22-11-10-20(3)4)6-7-14(15)18-16(21)17/h4-5,7-10,13,18H,6,11-12,14-17H2,1-3H3,(H,25,26);5-6,13-14H,7-12H2,1-4H3,(H,20,21);5-6,12-13H,7-11H2,1-4H3,(H,19,20);6-7,12H,5,8-11H2,1-4H3,(H2,17,18). The first kappa shape index (κ1) is 74.2. The van der Waals surface area contributed by atoms with Crippen LogP contribution in [0.25, 0.3) is 44.1 Å². The van der Waals surface area contributed by atoms with Crippen LogP contribution in [0.2, 0.25) is 0 Å². The average molecular weight is 1390 g/mol. The Morgan fingerprint density at radius 3 is 1.58 bits per heavy atom. The Morgan fingerprint density at radius 1 is 0.495 bits per heavy atom. The van der Waals surface area contributed by atoms with Crippen LogP contribution in [0.3, 0.4) is 0 Å². The van der Waals surface area contributed by atoms with Crippen LogP contribution < -0.4 is 40.6 Å². The molecule has 14 rings (SSSR count). The van der Waals surface area contributed by atoms with Crippen LogP contribution >= 0.6 is 0 Å². The molecule has 5 aliphatic heterocycles. The molecule has 25 heteroatoms. The molecule has 0 saturated carbocycles. The minimum absolute atomic E-state index is 0.237. The van der Waals surface area contributed by atoms with Crippen molar-refractivity contribution in [1.82, 2.24) is 82.4 Å². The molecule has 0 aliphatic carbocycles. The molecular formula is C76H115N21O4. The van der Waals surface area contributed by atoms with Crippen LogP contribution in [0.15, 0.2) is 85.1 Å². The first-order valence-corrected chi connectivity index (χ1v) is 36.3. The number of nitrogens with two attached hydrogens (primary N) is 1. The van der Waals surface area contributed by atoms with E-state index < -0.39 is 0 Å². The Morgan fingerprint density at radius 2 is 1.01 bits per heavy atom. The molecule has 5 N–H and O–H groups in total. The molecule has 0 radical (unpaired) electrons. The summed E-state index contributed by atoms with van der Waals surface area (Å²) in [5.41, 5.74) is 18.6. The van der Waals surface area contributed by atoms with Gasteiger partial charge in [-0.2, -0.15) is 0 Å².